The van der Waals surface area contributed by atoms with Gasteiger partial charge in [0.15, 0.2) is 0 Å². The van der Waals surface area contributed by atoms with Gasteiger partial charge in [0.2, 0.25) is 5.89 Å². The maximum Gasteiger partial charge on any atom is 0.253 e. The van der Waals surface area contributed by atoms with E-state index in [0.29, 0.717) is 17.1 Å². The fourth-order valence-corrected chi connectivity index (χ4v) is 1.80. The SMILES string of the molecule is Cc1nc(CNC(=O)c2cccc(N)c2Cl)oc1C. The number of aryl methyl sites for hydroxylation is 2. The largest absolute Gasteiger partial charge is 0.444 e. The van der Waals surface area contributed by atoms with Crippen LogP contribution in [0.4, 0.5) is 5.69 Å². The van der Waals surface area contributed by atoms with Gasteiger partial charge in [-0.1, -0.05) is 17.7 Å². The first-order valence-electron chi connectivity index (χ1n) is 5.74. The summed E-state index contributed by atoms with van der Waals surface area (Å²) in [6.07, 6.45) is 0. The Hall–Kier alpha value is -2.01. The number of rotatable bonds is 3. The molecule has 0 spiro atoms. The van der Waals surface area contributed by atoms with Crippen molar-refractivity contribution >= 4 is 23.2 Å². The molecule has 1 amide bonds. The number of nitrogens with zero attached hydrogens (tertiary/aromatic N) is 1. The van der Waals surface area contributed by atoms with Crippen molar-refractivity contribution in [3.8, 4) is 0 Å². The fourth-order valence-electron chi connectivity index (χ4n) is 1.59. The summed E-state index contributed by atoms with van der Waals surface area (Å²) in [6.45, 7) is 3.87. The minimum Gasteiger partial charge on any atom is -0.444 e. The first kappa shape index (κ1) is 13.4. The molecule has 5 nitrogen and oxygen atoms in total. The van der Waals surface area contributed by atoms with E-state index in [0.717, 1.165) is 11.5 Å². The van der Waals surface area contributed by atoms with E-state index < -0.39 is 0 Å². The molecule has 0 radical (unpaired) electrons. The predicted molar refractivity (Wildman–Crippen MR) is 73.0 cm³/mol. The highest BCUT2D eigenvalue weighted by Gasteiger charge is 2.13. The minimum atomic E-state index is -0.314. The Labute approximate surface area is 115 Å². The zero-order valence-electron chi connectivity index (χ0n) is 10.7. The second kappa shape index (κ2) is 5.32. The van der Waals surface area contributed by atoms with Gasteiger partial charge in [0.1, 0.15) is 5.76 Å². The van der Waals surface area contributed by atoms with Crippen LogP contribution < -0.4 is 11.1 Å². The van der Waals surface area contributed by atoms with Gasteiger partial charge < -0.3 is 15.5 Å². The molecule has 19 heavy (non-hydrogen) atoms. The van der Waals surface area contributed by atoms with E-state index in [2.05, 4.69) is 10.3 Å². The Bertz CT molecular complexity index is 603. The number of nitrogen functional groups attached to an aromatic ring is 1. The van der Waals surface area contributed by atoms with Crippen LogP contribution in [0.2, 0.25) is 5.02 Å². The van der Waals surface area contributed by atoms with Crippen molar-refractivity contribution < 1.29 is 9.21 Å². The molecule has 1 aromatic carbocycles. The van der Waals surface area contributed by atoms with Crippen molar-refractivity contribution in [2.24, 2.45) is 0 Å². The highest BCUT2D eigenvalue weighted by atomic mass is 35.5. The van der Waals surface area contributed by atoms with Gasteiger partial charge in [0.25, 0.3) is 5.91 Å². The monoisotopic (exact) mass is 279 g/mol. The summed E-state index contributed by atoms with van der Waals surface area (Å²) in [7, 11) is 0. The van der Waals surface area contributed by atoms with Crippen molar-refractivity contribution in [2.45, 2.75) is 20.4 Å². The Kier molecular flexibility index (Phi) is 3.76. The standard InChI is InChI=1S/C13H14ClN3O2/c1-7-8(2)19-11(17-7)6-16-13(18)9-4-3-5-10(15)12(9)14/h3-5H,6,15H2,1-2H3,(H,16,18). The summed E-state index contributed by atoms with van der Waals surface area (Å²) in [5.41, 5.74) is 7.16. The lowest BCUT2D eigenvalue weighted by Gasteiger charge is -2.06. The van der Waals surface area contributed by atoms with Crippen LogP contribution in [0.15, 0.2) is 22.6 Å². The van der Waals surface area contributed by atoms with E-state index in [1.54, 1.807) is 18.2 Å². The number of benzene rings is 1. The number of carbonyl (C=O) groups is 1. The van der Waals surface area contributed by atoms with E-state index in [1.165, 1.54) is 0 Å². The number of nitrogens with two attached hydrogens (primary N) is 1. The molecule has 2 aromatic rings. The molecule has 0 atom stereocenters. The molecule has 100 valence electrons. The minimum absolute atomic E-state index is 0.207. The van der Waals surface area contributed by atoms with E-state index in [-0.39, 0.29) is 17.5 Å². The Morgan fingerprint density at radius 2 is 2.21 bits per heavy atom. The zero-order valence-corrected chi connectivity index (χ0v) is 11.4. The van der Waals surface area contributed by atoms with Crippen LogP contribution in [0.1, 0.15) is 27.7 Å². The summed E-state index contributed by atoms with van der Waals surface area (Å²) in [5, 5.41) is 2.94. The quantitative estimate of drug-likeness (QED) is 0.846. The molecule has 0 bridgehead atoms. The van der Waals surface area contributed by atoms with Crippen molar-refractivity contribution in [1.29, 1.82) is 0 Å². The Morgan fingerprint density at radius 1 is 1.47 bits per heavy atom. The van der Waals surface area contributed by atoms with Crippen LogP contribution in [-0.4, -0.2) is 10.9 Å². The van der Waals surface area contributed by atoms with Crippen LogP contribution in [0.5, 0.6) is 0 Å². The molecule has 1 heterocycles. The van der Waals surface area contributed by atoms with Gasteiger partial charge in [-0.05, 0) is 26.0 Å². The second-order valence-electron chi connectivity index (χ2n) is 4.14. The molecule has 0 aliphatic heterocycles. The highest BCUT2D eigenvalue weighted by molar-refractivity contribution is 6.36. The van der Waals surface area contributed by atoms with E-state index in [1.807, 2.05) is 13.8 Å². The van der Waals surface area contributed by atoms with E-state index >= 15 is 0 Å². The number of amides is 1. The maximum absolute atomic E-state index is 12.0. The number of aromatic nitrogens is 1. The maximum atomic E-state index is 12.0. The summed E-state index contributed by atoms with van der Waals surface area (Å²) in [5.74, 6) is 0.889. The number of hydrogen-bond donors (Lipinski definition) is 2. The van der Waals surface area contributed by atoms with Crippen LogP contribution >= 0.6 is 11.6 Å². The van der Waals surface area contributed by atoms with Gasteiger partial charge in [-0.25, -0.2) is 4.98 Å². The van der Waals surface area contributed by atoms with Crippen molar-refractivity contribution in [3.05, 3.63) is 46.1 Å². The Morgan fingerprint density at radius 3 is 2.84 bits per heavy atom. The first-order chi connectivity index (χ1) is 8.99. The van der Waals surface area contributed by atoms with Crippen LogP contribution in [-0.2, 0) is 6.54 Å². The molecule has 3 N–H and O–H groups in total. The third-order valence-corrected chi connectivity index (χ3v) is 3.17. The number of nitrogens with one attached hydrogen (secondary N) is 1. The van der Waals surface area contributed by atoms with E-state index in [9.17, 15) is 4.79 Å². The predicted octanol–water partition coefficient (Wildman–Crippen LogP) is 2.46. The summed E-state index contributed by atoms with van der Waals surface area (Å²) >= 11 is 5.97. The molecule has 0 fully saturated rings. The lowest BCUT2D eigenvalue weighted by atomic mass is 10.2. The lowest BCUT2D eigenvalue weighted by Crippen LogP contribution is -2.23. The third-order valence-electron chi connectivity index (χ3n) is 2.75. The third kappa shape index (κ3) is 2.88. The first-order valence-corrected chi connectivity index (χ1v) is 6.12. The van der Waals surface area contributed by atoms with Crippen LogP contribution in [0.25, 0.3) is 0 Å². The fraction of sp³-hybridized carbons (Fsp3) is 0.231. The average molecular weight is 280 g/mol. The molecule has 0 saturated heterocycles. The van der Waals surface area contributed by atoms with Gasteiger partial charge in [-0.3, -0.25) is 4.79 Å². The average Bonchev–Trinajstić information content (AvgIpc) is 2.69. The normalized spacial score (nSPS) is 10.5. The highest BCUT2D eigenvalue weighted by Crippen LogP contribution is 2.22. The van der Waals surface area contributed by atoms with E-state index in [4.69, 9.17) is 21.8 Å². The smallest absolute Gasteiger partial charge is 0.253 e. The number of carbonyl (C=O) groups excluding carboxylic acids is 1. The lowest BCUT2D eigenvalue weighted by molar-refractivity contribution is 0.0947. The second-order valence-corrected chi connectivity index (χ2v) is 4.52. The van der Waals surface area contributed by atoms with Gasteiger partial charge in [-0.2, -0.15) is 0 Å². The molecule has 6 heteroatoms. The number of oxazole rings is 1. The molecule has 0 saturated carbocycles. The summed E-state index contributed by atoms with van der Waals surface area (Å²) in [6, 6.07) is 4.93. The summed E-state index contributed by atoms with van der Waals surface area (Å²) < 4.78 is 5.37. The number of anilines is 1. The summed E-state index contributed by atoms with van der Waals surface area (Å²) in [4.78, 5) is 16.1. The molecule has 0 aliphatic carbocycles. The topological polar surface area (TPSA) is 81.2 Å². The molecule has 0 unspecified atom stereocenters. The molecule has 0 aliphatic rings. The number of hydrogen-bond acceptors (Lipinski definition) is 4. The van der Waals surface area contributed by atoms with Gasteiger partial charge >= 0.3 is 0 Å². The van der Waals surface area contributed by atoms with Crippen LogP contribution in [0, 0.1) is 13.8 Å². The Balaban J connectivity index is 2.07. The molecular formula is C13H14ClN3O2. The van der Waals surface area contributed by atoms with Gasteiger partial charge in [0, 0.05) is 0 Å². The van der Waals surface area contributed by atoms with Gasteiger partial charge in [-0.15, -0.1) is 0 Å². The number of halogens is 1. The molecule has 2 rings (SSSR count). The zero-order chi connectivity index (χ0) is 14.0. The van der Waals surface area contributed by atoms with Gasteiger partial charge in [0.05, 0.1) is 28.5 Å². The van der Waals surface area contributed by atoms with Crippen molar-refractivity contribution in [3.63, 3.8) is 0 Å². The molecule has 1 aromatic heterocycles. The molecular weight excluding hydrogens is 266 g/mol. The van der Waals surface area contributed by atoms with Crippen molar-refractivity contribution in [1.82, 2.24) is 10.3 Å². The van der Waals surface area contributed by atoms with Crippen molar-refractivity contribution in [2.75, 3.05) is 5.73 Å². The van der Waals surface area contributed by atoms with Crippen LogP contribution in [0.3, 0.4) is 0 Å².